The minimum Gasteiger partial charge on any atom is -0.455 e. The second kappa shape index (κ2) is 5.47. The van der Waals surface area contributed by atoms with E-state index in [2.05, 4.69) is 20.9 Å². The van der Waals surface area contributed by atoms with Crippen LogP contribution in [0, 0.1) is 5.82 Å². The van der Waals surface area contributed by atoms with Crippen molar-refractivity contribution in [2.75, 3.05) is 0 Å². The van der Waals surface area contributed by atoms with E-state index in [0.29, 0.717) is 27.4 Å². The largest absolute Gasteiger partial charge is 0.455 e. The molecule has 0 bridgehead atoms. The van der Waals surface area contributed by atoms with Gasteiger partial charge in [-0.25, -0.2) is 4.39 Å². The average molecular weight is 317 g/mol. The molecule has 0 aliphatic rings. The number of nitrogens with zero attached hydrogens (tertiary/aromatic N) is 1. The fourth-order valence-electron chi connectivity index (χ4n) is 1.34. The summed E-state index contributed by atoms with van der Waals surface area (Å²) in [4.78, 5) is 3.90. The van der Waals surface area contributed by atoms with Crippen LogP contribution in [0.2, 0.25) is 5.02 Å². The van der Waals surface area contributed by atoms with E-state index in [9.17, 15) is 4.39 Å². The Kier molecular flexibility index (Phi) is 3.97. The molecule has 2 nitrogen and oxygen atoms in total. The zero-order valence-electron chi connectivity index (χ0n) is 8.66. The Morgan fingerprint density at radius 1 is 1.35 bits per heavy atom. The number of alkyl halides is 1. The summed E-state index contributed by atoms with van der Waals surface area (Å²) in [6.45, 7) is 0. The fraction of sp³-hybridized carbons (Fsp3) is 0.0833. The maximum absolute atomic E-state index is 13.5. The first kappa shape index (κ1) is 12.3. The Morgan fingerprint density at radius 3 is 2.88 bits per heavy atom. The van der Waals surface area contributed by atoms with Crippen LogP contribution in [0.4, 0.5) is 4.39 Å². The summed E-state index contributed by atoms with van der Waals surface area (Å²) in [6, 6.07) is 6.30. The molecular formula is C12H8BrClFNO. The SMILES string of the molecule is Fc1cccc(Oc2cncc(Cl)c2)c1CBr. The molecule has 1 heterocycles. The van der Waals surface area contributed by atoms with Crippen LogP contribution in [-0.2, 0) is 5.33 Å². The topological polar surface area (TPSA) is 22.1 Å². The van der Waals surface area contributed by atoms with Crippen LogP contribution in [0.25, 0.3) is 0 Å². The number of rotatable bonds is 3. The third kappa shape index (κ3) is 2.96. The minimum atomic E-state index is -0.311. The second-order valence-corrected chi connectivity index (χ2v) is 4.29. The van der Waals surface area contributed by atoms with E-state index < -0.39 is 0 Å². The van der Waals surface area contributed by atoms with Gasteiger partial charge in [-0.1, -0.05) is 33.6 Å². The van der Waals surface area contributed by atoms with Crippen LogP contribution in [0.15, 0.2) is 36.7 Å². The highest BCUT2D eigenvalue weighted by molar-refractivity contribution is 9.08. The van der Waals surface area contributed by atoms with E-state index in [1.165, 1.54) is 18.5 Å². The Morgan fingerprint density at radius 2 is 2.18 bits per heavy atom. The van der Waals surface area contributed by atoms with Crippen molar-refractivity contribution in [3.63, 3.8) is 0 Å². The third-order valence-electron chi connectivity index (χ3n) is 2.12. The van der Waals surface area contributed by atoms with Crippen molar-refractivity contribution in [3.8, 4) is 11.5 Å². The summed E-state index contributed by atoms with van der Waals surface area (Å²) in [5.41, 5.74) is 0.465. The third-order valence-corrected chi connectivity index (χ3v) is 2.88. The zero-order valence-corrected chi connectivity index (χ0v) is 11.0. The van der Waals surface area contributed by atoms with Gasteiger partial charge in [0.05, 0.1) is 11.2 Å². The lowest BCUT2D eigenvalue weighted by Gasteiger charge is -2.09. The molecule has 0 radical (unpaired) electrons. The van der Waals surface area contributed by atoms with E-state index >= 15 is 0 Å². The molecule has 1 aromatic heterocycles. The highest BCUT2D eigenvalue weighted by Gasteiger charge is 2.09. The van der Waals surface area contributed by atoms with Crippen molar-refractivity contribution in [1.82, 2.24) is 4.98 Å². The monoisotopic (exact) mass is 315 g/mol. The van der Waals surface area contributed by atoms with E-state index in [1.807, 2.05) is 0 Å². The van der Waals surface area contributed by atoms with Gasteiger partial charge in [0.25, 0.3) is 0 Å². The van der Waals surface area contributed by atoms with Gasteiger partial charge in [0.1, 0.15) is 17.3 Å². The number of halogens is 3. The van der Waals surface area contributed by atoms with Gasteiger partial charge in [-0.15, -0.1) is 0 Å². The quantitative estimate of drug-likeness (QED) is 0.774. The van der Waals surface area contributed by atoms with Gasteiger partial charge in [-0.05, 0) is 12.1 Å². The fourth-order valence-corrected chi connectivity index (χ4v) is 2.05. The number of hydrogen-bond acceptors (Lipinski definition) is 2. The molecule has 0 saturated carbocycles. The van der Waals surface area contributed by atoms with Gasteiger partial charge in [-0.2, -0.15) is 0 Å². The summed E-state index contributed by atoms with van der Waals surface area (Å²) < 4.78 is 19.0. The van der Waals surface area contributed by atoms with Crippen molar-refractivity contribution in [2.24, 2.45) is 0 Å². The summed E-state index contributed by atoms with van der Waals surface area (Å²) >= 11 is 9.02. The van der Waals surface area contributed by atoms with E-state index in [-0.39, 0.29) is 5.82 Å². The summed E-state index contributed by atoms with van der Waals surface area (Å²) in [7, 11) is 0. The van der Waals surface area contributed by atoms with Gasteiger partial charge in [0, 0.05) is 23.2 Å². The lowest BCUT2D eigenvalue weighted by Crippen LogP contribution is -1.93. The first-order chi connectivity index (χ1) is 8.20. The molecule has 0 saturated heterocycles. The molecule has 0 amide bonds. The predicted octanol–water partition coefficient (Wildman–Crippen LogP) is 4.56. The molecule has 0 aliphatic heterocycles. The van der Waals surface area contributed by atoms with Crippen LogP contribution in [0.3, 0.4) is 0 Å². The molecule has 88 valence electrons. The molecule has 5 heteroatoms. The smallest absolute Gasteiger partial charge is 0.147 e. The van der Waals surface area contributed by atoms with Crippen molar-refractivity contribution in [3.05, 3.63) is 53.1 Å². The molecule has 2 aromatic rings. The van der Waals surface area contributed by atoms with Crippen molar-refractivity contribution < 1.29 is 9.13 Å². The zero-order chi connectivity index (χ0) is 12.3. The number of pyridine rings is 1. The molecule has 0 aliphatic carbocycles. The number of aromatic nitrogens is 1. The number of ether oxygens (including phenoxy) is 1. The number of hydrogen-bond donors (Lipinski definition) is 0. The molecular weight excluding hydrogens is 308 g/mol. The minimum absolute atomic E-state index is 0.311. The lowest BCUT2D eigenvalue weighted by atomic mass is 10.2. The summed E-state index contributed by atoms with van der Waals surface area (Å²) in [6.07, 6.45) is 3.03. The highest BCUT2D eigenvalue weighted by atomic mass is 79.9. The maximum atomic E-state index is 13.5. The second-order valence-electron chi connectivity index (χ2n) is 3.29. The first-order valence-electron chi connectivity index (χ1n) is 4.82. The number of benzene rings is 1. The van der Waals surface area contributed by atoms with Gasteiger partial charge in [0.2, 0.25) is 0 Å². The molecule has 0 spiro atoms. The van der Waals surface area contributed by atoms with E-state index in [4.69, 9.17) is 16.3 Å². The van der Waals surface area contributed by atoms with E-state index in [0.717, 1.165) is 0 Å². The van der Waals surface area contributed by atoms with Gasteiger partial charge < -0.3 is 4.74 Å². The van der Waals surface area contributed by atoms with Crippen molar-refractivity contribution >= 4 is 27.5 Å². The Balaban J connectivity index is 2.33. The van der Waals surface area contributed by atoms with Crippen LogP contribution in [0.5, 0.6) is 11.5 Å². The molecule has 0 N–H and O–H groups in total. The Labute approximate surface area is 112 Å². The Bertz CT molecular complexity index is 536. The highest BCUT2D eigenvalue weighted by Crippen LogP contribution is 2.29. The maximum Gasteiger partial charge on any atom is 0.147 e. The van der Waals surface area contributed by atoms with Crippen molar-refractivity contribution in [2.45, 2.75) is 5.33 Å². The van der Waals surface area contributed by atoms with Gasteiger partial charge in [-0.3, -0.25) is 4.98 Å². The normalized spacial score (nSPS) is 10.3. The molecule has 0 atom stereocenters. The van der Waals surface area contributed by atoms with Gasteiger partial charge in [0.15, 0.2) is 0 Å². The molecule has 17 heavy (non-hydrogen) atoms. The molecule has 2 rings (SSSR count). The van der Waals surface area contributed by atoms with E-state index in [1.54, 1.807) is 18.2 Å². The average Bonchev–Trinajstić information content (AvgIpc) is 2.29. The Hall–Kier alpha value is -1.13. The summed E-state index contributed by atoms with van der Waals surface area (Å²) in [5, 5.41) is 0.850. The van der Waals surface area contributed by atoms with Crippen LogP contribution < -0.4 is 4.74 Å². The summed E-state index contributed by atoms with van der Waals surface area (Å²) in [5.74, 6) is 0.616. The molecule has 0 unspecified atom stereocenters. The molecule has 0 fully saturated rings. The lowest BCUT2D eigenvalue weighted by molar-refractivity contribution is 0.468. The van der Waals surface area contributed by atoms with Crippen LogP contribution in [0.1, 0.15) is 5.56 Å². The predicted molar refractivity (Wildman–Crippen MR) is 68.4 cm³/mol. The first-order valence-corrected chi connectivity index (χ1v) is 6.32. The van der Waals surface area contributed by atoms with Gasteiger partial charge >= 0.3 is 0 Å². The molecule has 1 aromatic carbocycles. The van der Waals surface area contributed by atoms with Crippen LogP contribution >= 0.6 is 27.5 Å². The van der Waals surface area contributed by atoms with Crippen LogP contribution in [-0.4, -0.2) is 4.98 Å². The standard InChI is InChI=1S/C12H8BrClFNO/c13-5-10-11(15)2-1-3-12(10)17-9-4-8(14)6-16-7-9/h1-4,6-7H,5H2. The van der Waals surface area contributed by atoms with Crippen molar-refractivity contribution in [1.29, 1.82) is 0 Å².